The second-order valence-electron chi connectivity index (χ2n) is 4.95. The number of nitro groups is 1. The van der Waals surface area contributed by atoms with Crippen molar-refractivity contribution >= 4 is 11.4 Å². The molecular weight excluding hydrogens is 284 g/mol. The molecule has 2 N–H and O–H groups in total. The SMILES string of the molecule is O=[N+]([O-])c1ccc(F)c(F)c1N(CCO)CC1CCCN1. The van der Waals surface area contributed by atoms with Gasteiger partial charge in [0.05, 0.1) is 11.5 Å². The van der Waals surface area contributed by atoms with Crippen LogP contribution in [0.1, 0.15) is 12.8 Å². The zero-order chi connectivity index (χ0) is 15.4. The molecule has 1 atom stereocenters. The van der Waals surface area contributed by atoms with Crippen LogP contribution in [0.3, 0.4) is 0 Å². The predicted molar refractivity (Wildman–Crippen MR) is 73.3 cm³/mol. The highest BCUT2D eigenvalue weighted by Crippen LogP contribution is 2.33. The number of benzene rings is 1. The molecule has 2 rings (SSSR count). The van der Waals surface area contributed by atoms with Gasteiger partial charge in [0.2, 0.25) is 0 Å². The summed E-state index contributed by atoms with van der Waals surface area (Å²) in [5.41, 5.74) is -0.900. The van der Waals surface area contributed by atoms with Gasteiger partial charge in [-0.15, -0.1) is 0 Å². The monoisotopic (exact) mass is 301 g/mol. The van der Waals surface area contributed by atoms with E-state index in [0.29, 0.717) is 0 Å². The quantitative estimate of drug-likeness (QED) is 0.614. The Morgan fingerprint density at radius 2 is 2.24 bits per heavy atom. The van der Waals surface area contributed by atoms with Gasteiger partial charge in [0.1, 0.15) is 0 Å². The van der Waals surface area contributed by atoms with Crippen molar-refractivity contribution < 1.29 is 18.8 Å². The molecule has 0 aromatic heterocycles. The Morgan fingerprint density at radius 1 is 1.48 bits per heavy atom. The number of aliphatic hydroxyl groups is 1. The van der Waals surface area contributed by atoms with Gasteiger partial charge >= 0.3 is 0 Å². The van der Waals surface area contributed by atoms with Gasteiger partial charge in [0, 0.05) is 25.2 Å². The summed E-state index contributed by atoms with van der Waals surface area (Å²) in [4.78, 5) is 11.6. The zero-order valence-electron chi connectivity index (χ0n) is 11.4. The van der Waals surface area contributed by atoms with Crippen LogP contribution >= 0.6 is 0 Å². The third kappa shape index (κ3) is 3.45. The molecule has 1 aromatic carbocycles. The topological polar surface area (TPSA) is 78.6 Å². The molecule has 116 valence electrons. The van der Waals surface area contributed by atoms with E-state index in [9.17, 15) is 18.9 Å². The summed E-state index contributed by atoms with van der Waals surface area (Å²) in [5, 5.41) is 23.3. The van der Waals surface area contributed by atoms with E-state index >= 15 is 0 Å². The van der Waals surface area contributed by atoms with Gasteiger partial charge in [0.15, 0.2) is 17.3 Å². The molecule has 8 heteroatoms. The molecule has 6 nitrogen and oxygen atoms in total. The van der Waals surface area contributed by atoms with Crippen LogP contribution in [0.4, 0.5) is 20.2 Å². The first-order chi connectivity index (χ1) is 10.0. The summed E-state index contributed by atoms with van der Waals surface area (Å²) in [7, 11) is 0. The number of hydrogen-bond acceptors (Lipinski definition) is 5. The number of rotatable bonds is 6. The Morgan fingerprint density at radius 3 is 2.81 bits per heavy atom. The summed E-state index contributed by atoms with van der Waals surface area (Å²) in [6.07, 6.45) is 1.82. The van der Waals surface area contributed by atoms with Crippen molar-refractivity contribution in [2.75, 3.05) is 31.1 Å². The van der Waals surface area contributed by atoms with Crippen LogP contribution in [-0.2, 0) is 0 Å². The van der Waals surface area contributed by atoms with Crippen molar-refractivity contribution in [2.45, 2.75) is 18.9 Å². The number of nitrogens with one attached hydrogen (secondary N) is 1. The lowest BCUT2D eigenvalue weighted by molar-refractivity contribution is -0.384. The fraction of sp³-hybridized carbons (Fsp3) is 0.538. The lowest BCUT2D eigenvalue weighted by Crippen LogP contribution is -2.40. The fourth-order valence-corrected chi connectivity index (χ4v) is 2.57. The molecular formula is C13H17F2N3O3. The van der Waals surface area contributed by atoms with Crippen LogP contribution in [-0.4, -0.2) is 42.3 Å². The van der Waals surface area contributed by atoms with E-state index in [2.05, 4.69) is 5.32 Å². The standard InChI is InChI=1S/C13H17F2N3O3/c14-10-3-4-11(18(20)21)13(12(10)15)17(6-7-19)8-9-2-1-5-16-9/h3-4,9,16,19H,1-2,5-8H2. The molecule has 1 unspecified atom stereocenters. The third-order valence-electron chi connectivity index (χ3n) is 3.53. The van der Waals surface area contributed by atoms with E-state index in [0.717, 1.165) is 31.5 Å². The van der Waals surface area contributed by atoms with Gasteiger partial charge in [-0.25, -0.2) is 8.78 Å². The number of hydrogen-bond donors (Lipinski definition) is 2. The van der Waals surface area contributed by atoms with Crippen LogP contribution < -0.4 is 10.2 Å². The maximum Gasteiger partial charge on any atom is 0.295 e. The highest BCUT2D eigenvalue weighted by Gasteiger charge is 2.28. The van der Waals surface area contributed by atoms with Crippen LogP contribution in [0, 0.1) is 21.7 Å². The van der Waals surface area contributed by atoms with Crippen LogP contribution in [0.15, 0.2) is 12.1 Å². The molecule has 0 bridgehead atoms. The molecule has 0 spiro atoms. The van der Waals surface area contributed by atoms with Crippen molar-refractivity contribution in [1.82, 2.24) is 5.32 Å². The molecule has 1 fully saturated rings. The van der Waals surface area contributed by atoms with Crippen molar-refractivity contribution in [3.8, 4) is 0 Å². The molecule has 0 aliphatic carbocycles. The summed E-state index contributed by atoms with van der Waals surface area (Å²) >= 11 is 0. The van der Waals surface area contributed by atoms with Crippen molar-refractivity contribution in [1.29, 1.82) is 0 Å². The van der Waals surface area contributed by atoms with Crippen LogP contribution in [0.25, 0.3) is 0 Å². The first-order valence-corrected chi connectivity index (χ1v) is 6.76. The van der Waals surface area contributed by atoms with Crippen molar-refractivity contribution in [3.05, 3.63) is 33.9 Å². The highest BCUT2D eigenvalue weighted by molar-refractivity contribution is 5.64. The minimum Gasteiger partial charge on any atom is -0.395 e. The average Bonchev–Trinajstić information content (AvgIpc) is 2.94. The predicted octanol–water partition coefficient (Wildman–Crippen LogP) is 1.42. The largest absolute Gasteiger partial charge is 0.395 e. The second kappa shape index (κ2) is 6.77. The molecule has 1 heterocycles. The number of nitro benzene ring substituents is 1. The Kier molecular flexibility index (Phi) is 5.03. The van der Waals surface area contributed by atoms with E-state index < -0.39 is 27.9 Å². The average molecular weight is 301 g/mol. The van der Waals surface area contributed by atoms with Gasteiger partial charge in [0.25, 0.3) is 5.69 Å². The Labute approximate surface area is 120 Å². The number of aliphatic hydroxyl groups excluding tert-OH is 1. The molecule has 1 aromatic rings. The molecule has 0 radical (unpaired) electrons. The smallest absolute Gasteiger partial charge is 0.295 e. The van der Waals surface area contributed by atoms with Crippen LogP contribution in [0.2, 0.25) is 0 Å². The normalized spacial score (nSPS) is 18.0. The first kappa shape index (κ1) is 15.6. The summed E-state index contributed by atoms with van der Waals surface area (Å²) < 4.78 is 27.5. The maximum atomic E-state index is 14.0. The summed E-state index contributed by atoms with van der Waals surface area (Å²) in [6, 6.07) is 1.72. The van der Waals surface area contributed by atoms with Gasteiger partial charge < -0.3 is 15.3 Å². The summed E-state index contributed by atoms with van der Waals surface area (Å²) in [5.74, 6) is -2.39. The molecule has 0 amide bonds. The number of nitrogens with zero attached hydrogens (tertiary/aromatic N) is 2. The maximum absolute atomic E-state index is 14.0. The van der Waals surface area contributed by atoms with E-state index in [-0.39, 0.29) is 25.7 Å². The highest BCUT2D eigenvalue weighted by atomic mass is 19.2. The van der Waals surface area contributed by atoms with Crippen molar-refractivity contribution in [3.63, 3.8) is 0 Å². The number of halogens is 2. The molecule has 0 saturated carbocycles. The minimum absolute atomic E-state index is 0.000602. The van der Waals surface area contributed by atoms with E-state index in [1.807, 2.05) is 0 Å². The Hall–Kier alpha value is -1.80. The van der Waals surface area contributed by atoms with Gasteiger partial charge in [-0.05, 0) is 25.5 Å². The summed E-state index contributed by atoms with van der Waals surface area (Å²) in [6.45, 7) is 0.798. The Balaban J connectivity index is 2.37. The van der Waals surface area contributed by atoms with Crippen molar-refractivity contribution in [2.24, 2.45) is 0 Å². The van der Waals surface area contributed by atoms with Crippen LogP contribution in [0.5, 0.6) is 0 Å². The molecule has 1 saturated heterocycles. The Bertz CT molecular complexity index is 522. The van der Waals surface area contributed by atoms with Gasteiger partial charge in [-0.2, -0.15) is 0 Å². The molecule has 1 aliphatic heterocycles. The van der Waals surface area contributed by atoms with Gasteiger partial charge in [-0.3, -0.25) is 10.1 Å². The number of anilines is 1. The first-order valence-electron chi connectivity index (χ1n) is 6.76. The van der Waals surface area contributed by atoms with Gasteiger partial charge in [-0.1, -0.05) is 0 Å². The third-order valence-corrected chi connectivity index (χ3v) is 3.53. The second-order valence-corrected chi connectivity index (χ2v) is 4.95. The zero-order valence-corrected chi connectivity index (χ0v) is 11.4. The lowest BCUT2D eigenvalue weighted by Gasteiger charge is -2.27. The van der Waals surface area contributed by atoms with E-state index in [1.165, 1.54) is 4.90 Å². The van der Waals surface area contributed by atoms with E-state index in [1.54, 1.807) is 0 Å². The van der Waals surface area contributed by atoms with E-state index in [4.69, 9.17) is 5.11 Å². The minimum atomic E-state index is -1.25. The molecule has 21 heavy (non-hydrogen) atoms. The lowest BCUT2D eigenvalue weighted by atomic mass is 10.1. The fourth-order valence-electron chi connectivity index (χ4n) is 2.57. The molecule has 1 aliphatic rings.